The van der Waals surface area contributed by atoms with E-state index in [1.165, 1.54) is 13.2 Å². The Hall–Kier alpha value is -3.25. The first-order valence-electron chi connectivity index (χ1n) is 16.3. The summed E-state index contributed by atoms with van der Waals surface area (Å²) < 4.78 is 53.1. The molecule has 256 valence electrons. The molecule has 0 saturated carbocycles. The van der Waals surface area contributed by atoms with Gasteiger partial charge in [-0.25, -0.2) is 4.79 Å². The molecule has 2 aliphatic rings. The summed E-state index contributed by atoms with van der Waals surface area (Å²) in [6.07, 6.45) is 5.74. The Kier molecular flexibility index (Phi) is 11.4. The molecule has 50 heavy (non-hydrogen) atoms. The number of fused-ring (bicyclic) bond motifs is 4. The van der Waals surface area contributed by atoms with E-state index < -0.39 is 40.3 Å². The van der Waals surface area contributed by atoms with Crippen LogP contribution in [0, 0.1) is 21.0 Å². The second kappa shape index (κ2) is 15.6. The fraction of sp³-hybridized carbons (Fsp3) is 0.389. The van der Waals surface area contributed by atoms with Gasteiger partial charge in [0.1, 0.15) is 5.60 Å². The van der Waals surface area contributed by atoms with Crippen LogP contribution >= 0.6 is 4.00 Å². The number of pyridine rings is 1. The van der Waals surface area contributed by atoms with Gasteiger partial charge in [-0.2, -0.15) is 0 Å². The van der Waals surface area contributed by atoms with E-state index in [-0.39, 0.29) is 41.7 Å². The Morgan fingerprint density at radius 2 is 1.96 bits per heavy atom. The third kappa shape index (κ3) is 7.66. The standard InChI is InChI=1S/C36H36F2N5O4.PS.Tl/c1-7-9-10-29-40-33-27(34(41-29)42-18-22-12-13-23(19-42)43(22)35(44)47-36(3,4)5)17-39-32(31(33)38)26-16-24(46-20-45-6)15-21-11-14-28(37)25(8-2)30(21)26;1-2;/h7,11,14-17,22-23H,1,9-10,12-13,18-20H2,3-6H3;;/q;-1;+2. The van der Waals surface area contributed by atoms with Crippen molar-refractivity contribution < 1.29 is 27.8 Å². The molecule has 6 rings (SSSR count). The summed E-state index contributed by atoms with van der Waals surface area (Å²) in [4.78, 5) is 31.4. The number of halogens is 2. The zero-order valence-corrected chi connectivity index (χ0v) is 34.5. The normalized spacial score (nSPS) is 16.9. The van der Waals surface area contributed by atoms with Crippen LogP contribution < -0.4 is 9.64 Å². The molecule has 2 aromatic carbocycles. The Labute approximate surface area is 307 Å². The van der Waals surface area contributed by atoms with Crippen molar-refractivity contribution in [1.29, 1.82) is 0 Å². The van der Waals surface area contributed by atoms with Crippen LogP contribution in [0.3, 0.4) is 0 Å². The number of hydrogen-bond donors (Lipinski definition) is 0. The van der Waals surface area contributed by atoms with Crippen molar-refractivity contribution >= 4 is 72.5 Å². The Morgan fingerprint density at radius 3 is 2.64 bits per heavy atom. The summed E-state index contributed by atoms with van der Waals surface area (Å²) in [5, 5.41) is 1.48. The van der Waals surface area contributed by atoms with E-state index in [0.717, 1.165) is 16.8 Å². The van der Waals surface area contributed by atoms with Gasteiger partial charge in [0.15, 0.2) is 0 Å². The van der Waals surface area contributed by atoms with Gasteiger partial charge in [-0.1, -0.05) is 6.08 Å². The van der Waals surface area contributed by atoms with Gasteiger partial charge >= 0.3 is 230 Å². The molecule has 0 aliphatic carbocycles. The second-order valence-electron chi connectivity index (χ2n) is 13.2. The quantitative estimate of drug-likeness (QED) is 0.0602. The van der Waals surface area contributed by atoms with E-state index in [2.05, 4.69) is 25.9 Å². The van der Waals surface area contributed by atoms with Gasteiger partial charge in [-0.05, 0) is 33.6 Å². The number of carbonyl (C=O) groups is 1. The fourth-order valence-electron chi connectivity index (χ4n) is 6.61. The third-order valence-corrected chi connectivity index (χ3v) is 14.9. The zero-order valence-electron chi connectivity index (χ0n) is 28.3. The number of anilines is 1. The zero-order chi connectivity index (χ0) is 35.6. The van der Waals surface area contributed by atoms with Crippen LogP contribution in [-0.4, -0.2) is 93.7 Å². The summed E-state index contributed by atoms with van der Waals surface area (Å²) in [6.45, 7) is 10.4. The number of ether oxygens (including phenoxy) is 3. The van der Waals surface area contributed by atoms with Crippen molar-refractivity contribution in [3.63, 3.8) is 0 Å². The maximum absolute atomic E-state index is 17.1. The molecule has 2 aliphatic heterocycles. The fourth-order valence-corrected chi connectivity index (χ4v) is 10.0. The molecule has 4 heterocycles. The molecule has 2 saturated heterocycles. The first kappa shape index (κ1) is 36.5. The molecular formula is C36H36F2N5O4PSTl+. The van der Waals surface area contributed by atoms with E-state index in [4.69, 9.17) is 36.0 Å². The van der Waals surface area contributed by atoms with Gasteiger partial charge in [-0.3, -0.25) is 4.90 Å². The number of aromatic nitrogens is 3. The van der Waals surface area contributed by atoms with Crippen molar-refractivity contribution in [2.24, 2.45) is 0 Å². The van der Waals surface area contributed by atoms with E-state index >= 15 is 8.78 Å². The van der Waals surface area contributed by atoms with Crippen molar-refractivity contribution in [3.05, 3.63) is 66.1 Å². The predicted octanol–water partition coefficient (Wildman–Crippen LogP) is 7.15. The molecule has 0 N–H and O–H groups in total. The van der Waals surface area contributed by atoms with Crippen LogP contribution in [0.25, 0.3) is 32.9 Å². The molecule has 2 bridgehead atoms. The topological polar surface area (TPSA) is 89.9 Å². The predicted molar refractivity (Wildman–Crippen MR) is 195 cm³/mol. The number of allylic oxidation sites excluding steroid dienone is 1. The number of rotatable bonds is 8. The van der Waals surface area contributed by atoms with Crippen LogP contribution in [0.4, 0.5) is 19.4 Å². The van der Waals surface area contributed by atoms with Crippen molar-refractivity contribution in [1.82, 2.24) is 19.9 Å². The molecule has 0 radical (unpaired) electrons. The van der Waals surface area contributed by atoms with E-state index in [0.29, 0.717) is 65.0 Å². The average molecular weight is 908 g/mol. The van der Waals surface area contributed by atoms with Crippen LogP contribution in [-0.2, 0) is 27.7 Å². The van der Waals surface area contributed by atoms with E-state index in [1.807, 2.05) is 25.7 Å². The van der Waals surface area contributed by atoms with Crippen LogP contribution in [0.5, 0.6) is 5.75 Å². The second-order valence-corrected chi connectivity index (χ2v) is 25.8. The maximum atomic E-state index is 17.1. The molecule has 2 aromatic heterocycles. The molecular weight excluding hydrogens is 872 g/mol. The average Bonchev–Trinajstić information content (AvgIpc) is 3.35. The van der Waals surface area contributed by atoms with Crippen LogP contribution in [0.2, 0.25) is 0 Å². The van der Waals surface area contributed by atoms with Gasteiger partial charge in [-0.15, -0.1) is 6.58 Å². The summed E-state index contributed by atoms with van der Waals surface area (Å²) in [7, 11) is 1.50. The first-order chi connectivity index (χ1) is 24.0. The van der Waals surface area contributed by atoms with E-state index in [1.54, 1.807) is 30.5 Å². The summed E-state index contributed by atoms with van der Waals surface area (Å²) in [5.41, 5.74) is -0.0366. The Bertz CT molecular complexity index is 2100. The van der Waals surface area contributed by atoms with Crippen LogP contribution in [0.1, 0.15) is 51.4 Å². The number of aryl methyl sites for hydroxylation is 1. The third-order valence-electron chi connectivity index (χ3n) is 8.62. The number of carbonyl (C=O) groups excluding carboxylic acids is 1. The summed E-state index contributed by atoms with van der Waals surface area (Å²) in [5.74, 6) is 3.24. The number of nitrogens with zero attached hydrogens (tertiary/aromatic N) is 5. The molecule has 14 heteroatoms. The van der Waals surface area contributed by atoms with Crippen molar-refractivity contribution in [3.8, 4) is 26.4 Å². The monoisotopic (exact) mass is 908 g/mol. The molecule has 2 fully saturated rings. The van der Waals surface area contributed by atoms with Gasteiger partial charge in [0, 0.05) is 0 Å². The molecule has 0 spiro atoms. The molecule has 2 unspecified atom stereocenters. The van der Waals surface area contributed by atoms with Crippen molar-refractivity contribution in [2.45, 2.75) is 64.1 Å². The molecule has 1 amide bonds. The number of benzene rings is 2. The Balaban J connectivity index is 1.50. The summed E-state index contributed by atoms with van der Waals surface area (Å²) >= 11 is 3.55. The van der Waals surface area contributed by atoms with Crippen LogP contribution in [0.15, 0.2) is 43.1 Å². The Morgan fingerprint density at radius 1 is 1.20 bits per heavy atom. The molecule has 4 aromatic rings. The number of piperazine rings is 1. The number of amides is 1. The van der Waals surface area contributed by atoms with Gasteiger partial charge in [0.05, 0.1) is 12.1 Å². The first-order valence-corrected chi connectivity index (χ1v) is 26.5. The summed E-state index contributed by atoms with van der Waals surface area (Å²) in [6, 6.07) is 6.18. The SMILES string of the molecule is C=CCCc1nc(N2CC3CCC(C2)N3C(=O)OC(C)(C)C)c2cnc(-c3cc(OCOC)cc4ccc(F)c(C#[C][Tl]=[P+]=S)c34)c(F)c2n1. The minimum atomic E-state index is -1.55. The molecule has 2 atom stereocenters. The molecule has 9 nitrogen and oxygen atoms in total. The minimum absolute atomic E-state index is 0.0158. The van der Waals surface area contributed by atoms with Gasteiger partial charge in [0.25, 0.3) is 0 Å². The van der Waals surface area contributed by atoms with Gasteiger partial charge < -0.3 is 4.74 Å². The number of hydrogen-bond acceptors (Lipinski definition) is 9. The van der Waals surface area contributed by atoms with Crippen molar-refractivity contribution in [2.75, 3.05) is 31.9 Å². The van der Waals surface area contributed by atoms with Gasteiger partial charge in [0.2, 0.25) is 0 Å². The van der Waals surface area contributed by atoms with E-state index in [9.17, 15) is 4.79 Å². The number of methoxy groups -OCH3 is 1.